The first kappa shape index (κ1) is 14.0. The van der Waals surface area contributed by atoms with Crippen LogP contribution in [-0.2, 0) is 4.79 Å². The molecular formula is C10H16ClN3O. The van der Waals surface area contributed by atoms with Crippen molar-refractivity contribution in [1.29, 1.82) is 0 Å². The van der Waals surface area contributed by atoms with Gasteiger partial charge in [0.05, 0.1) is 0 Å². The van der Waals surface area contributed by atoms with Crippen LogP contribution in [0.15, 0.2) is 30.6 Å². The van der Waals surface area contributed by atoms with E-state index in [2.05, 4.69) is 27.2 Å². The highest BCUT2D eigenvalue weighted by atomic mass is 35.5. The van der Waals surface area contributed by atoms with Crippen LogP contribution < -0.4 is 10.6 Å². The van der Waals surface area contributed by atoms with Gasteiger partial charge in [-0.05, 0) is 23.7 Å². The Morgan fingerprint density at radius 1 is 1.00 bits per heavy atom. The SMILES string of the molecule is C1CNCCN1.O=CCl.c1ccncc1. The van der Waals surface area contributed by atoms with Gasteiger partial charge in [0.15, 0.2) is 0 Å². The summed E-state index contributed by atoms with van der Waals surface area (Å²) in [5.74, 6) is 0.222. The average Bonchev–Trinajstić information content (AvgIpc) is 2.35. The van der Waals surface area contributed by atoms with Gasteiger partial charge in [-0.3, -0.25) is 9.78 Å². The normalized spacial score (nSPS) is 13.7. The zero-order valence-electron chi connectivity index (χ0n) is 8.53. The molecule has 1 aromatic rings. The molecule has 0 spiro atoms. The highest BCUT2D eigenvalue weighted by molar-refractivity contribution is 6.54. The summed E-state index contributed by atoms with van der Waals surface area (Å²) in [6.07, 6.45) is 3.50. The number of nitrogens with zero attached hydrogens (tertiary/aromatic N) is 1. The number of hydrogen-bond donors (Lipinski definition) is 2. The molecule has 0 atom stereocenters. The van der Waals surface area contributed by atoms with Crippen molar-refractivity contribution in [1.82, 2.24) is 15.6 Å². The highest BCUT2D eigenvalue weighted by Gasteiger charge is 1.91. The summed E-state index contributed by atoms with van der Waals surface area (Å²) in [4.78, 5) is 12.4. The Labute approximate surface area is 95.0 Å². The third-order valence-electron chi connectivity index (χ3n) is 1.52. The summed E-state index contributed by atoms with van der Waals surface area (Å²) < 4.78 is 0. The minimum absolute atomic E-state index is 0.222. The van der Waals surface area contributed by atoms with E-state index in [4.69, 9.17) is 4.79 Å². The molecule has 2 N–H and O–H groups in total. The van der Waals surface area contributed by atoms with Crippen LogP contribution in [0.4, 0.5) is 0 Å². The van der Waals surface area contributed by atoms with E-state index in [1.54, 1.807) is 12.4 Å². The van der Waals surface area contributed by atoms with E-state index >= 15 is 0 Å². The summed E-state index contributed by atoms with van der Waals surface area (Å²) in [5, 5.41) is 6.44. The van der Waals surface area contributed by atoms with Gasteiger partial charge in [0.25, 0.3) is 0 Å². The van der Waals surface area contributed by atoms with Crippen LogP contribution in [0.2, 0.25) is 0 Å². The molecule has 0 saturated carbocycles. The van der Waals surface area contributed by atoms with Crippen LogP contribution in [0.25, 0.3) is 0 Å². The molecule has 0 bridgehead atoms. The highest BCUT2D eigenvalue weighted by Crippen LogP contribution is 1.73. The first-order chi connectivity index (χ1) is 7.41. The lowest BCUT2D eigenvalue weighted by atomic mass is 10.4. The number of carbonyl (C=O) groups excluding carboxylic acids is 1. The number of hydrogen-bond acceptors (Lipinski definition) is 4. The van der Waals surface area contributed by atoms with Gasteiger partial charge in [-0.1, -0.05) is 6.07 Å². The van der Waals surface area contributed by atoms with E-state index in [1.165, 1.54) is 0 Å². The van der Waals surface area contributed by atoms with Crippen molar-refractivity contribution in [3.05, 3.63) is 30.6 Å². The van der Waals surface area contributed by atoms with E-state index < -0.39 is 0 Å². The lowest BCUT2D eigenvalue weighted by Crippen LogP contribution is -2.39. The maximum absolute atomic E-state index is 8.57. The van der Waals surface area contributed by atoms with Crippen molar-refractivity contribution >= 4 is 17.3 Å². The number of rotatable bonds is 0. The predicted octanol–water partition coefficient (Wildman–Crippen LogP) is 0.676. The van der Waals surface area contributed by atoms with Crippen molar-refractivity contribution in [2.24, 2.45) is 0 Å². The third kappa shape index (κ3) is 13.0. The van der Waals surface area contributed by atoms with E-state index in [-0.39, 0.29) is 5.75 Å². The number of carbonyl (C=O) groups is 1. The molecule has 0 unspecified atom stereocenters. The quantitative estimate of drug-likeness (QED) is 0.508. The summed E-state index contributed by atoms with van der Waals surface area (Å²) >= 11 is 4.32. The van der Waals surface area contributed by atoms with Gasteiger partial charge in [-0.25, -0.2) is 0 Å². The van der Waals surface area contributed by atoms with Gasteiger partial charge in [0.2, 0.25) is 5.75 Å². The Morgan fingerprint density at radius 2 is 1.40 bits per heavy atom. The molecule has 0 amide bonds. The van der Waals surface area contributed by atoms with Crippen LogP contribution in [0.3, 0.4) is 0 Å². The molecule has 0 radical (unpaired) electrons. The van der Waals surface area contributed by atoms with Crippen molar-refractivity contribution in [2.45, 2.75) is 0 Å². The standard InChI is InChI=1S/C5H5N.C4H10N2.CHClO/c1-2-4-6-5-3-1;1-2-6-4-3-5-1;2-1-3/h1-5H;5-6H,1-4H2;1H. The molecule has 5 heteroatoms. The molecule has 1 saturated heterocycles. The third-order valence-corrected chi connectivity index (χ3v) is 1.52. The Bertz CT molecular complexity index is 179. The smallest absolute Gasteiger partial charge is 0.208 e. The molecule has 15 heavy (non-hydrogen) atoms. The minimum atomic E-state index is 0.222. The van der Waals surface area contributed by atoms with Gasteiger partial charge in [0, 0.05) is 38.6 Å². The molecule has 2 rings (SSSR count). The fourth-order valence-corrected chi connectivity index (χ4v) is 0.916. The van der Waals surface area contributed by atoms with Crippen LogP contribution in [-0.4, -0.2) is 36.9 Å². The molecule has 1 aliphatic heterocycles. The monoisotopic (exact) mass is 229 g/mol. The number of pyridine rings is 1. The van der Waals surface area contributed by atoms with Crippen LogP contribution in [0, 0.1) is 0 Å². The maximum Gasteiger partial charge on any atom is 0.208 e. The second-order valence-electron chi connectivity index (χ2n) is 2.61. The van der Waals surface area contributed by atoms with Gasteiger partial charge >= 0.3 is 0 Å². The van der Waals surface area contributed by atoms with E-state index in [0.717, 1.165) is 26.2 Å². The topological polar surface area (TPSA) is 54.0 Å². The van der Waals surface area contributed by atoms with Gasteiger partial charge in [0.1, 0.15) is 0 Å². The van der Waals surface area contributed by atoms with Crippen LogP contribution in [0.1, 0.15) is 0 Å². The van der Waals surface area contributed by atoms with E-state index in [0.29, 0.717) is 0 Å². The predicted molar refractivity (Wildman–Crippen MR) is 62.6 cm³/mol. The molecule has 1 aromatic heterocycles. The van der Waals surface area contributed by atoms with Crippen LogP contribution >= 0.6 is 11.6 Å². The Morgan fingerprint density at radius 3 is 1.53 bits per heavy atom. The minimum Gasteiger partial charge on any atom is -0.314 e. The number of nitrogens with one attached hydrogen (secondary N) is 2. The molecule has 1 aliphatic rings. The van der Waals surface area contributed by atoms with Gasteiger partial charge in [-0.2, -0.15) is 0 Å². The first-order valence-corrected chi connectivity index (χ1v) is 5.15. The molecule has 84 valence electrons. The van der Waals surface area contributed by atoms with Crippen molar-refractivity contribution < 1.29 is 4.79 Å². The van der Waals surface area contributed by atoms with Crippen molar-refractivity contribution in [2.75, 3.05) is 26.2 Å². The molecular weight excluding hydrogens is 214 g/mol. The Hall–Kier alpha value is -0.970. The van der Waals surface area contributed by atoms with E-state index in [1.807, 2.05) is 18.2 Å². The molecule has 0 aromatic carbocycles. The number of aromatic nitrogens is 1. The second-order valence-corrected chi connectivity index (χ2v) is 2.79. The zero-order chi connectivity index (χ0) is 11.2. The Balaban J connectivity index is 0.000000210. The second kappa shape index (κ2) is 13.0. The maximum atomic E-state index is 8.57. The van der Waals surface area contributed by atoms with E-state index in [9.17, 15) is 0 Å². The molecule has 1 fully saturated rings. The lowest BCUT2D eigenvalue weighted by molar-refractivity contribution is 0.534. The molecule has 4 nitrogen and oxygen atoms in total. The first-order valence-electron chi connectivity index (χ1n) is 4.72. The average molecular weight is 230 g/mol. The number of piperazine rings is 1. The lowest BCUT2D eigenvalue weighted by Gasteiger charge is -2.11. The largest absolute Gasteiger partial charge is 0.314 e. The fourth-order valence-electron chi connectivity index (χ4n) is 0.916. The Kier molecular flexibility index (Phi) is 12.2. The van der Waals surface area contributed by atoms with Gasteiger partial charge in [-0.15, -0.1) is 0 Å². The number of halogens is 1. The summed E-state index contributed by atoms with van der Waals surface area (Å²) in [5.41, 5.74) is 0. The zero-order valence-corrected chi connectivity index (χ0v) is 9.28. The summed E-state index contributed by atoms with van der Waals surface area (Å²) in [6.45, 7) is 4.56. The van der Waals surface area contributed by atoms with Crippen molar-refractivity contribution in [3.63, 3.8) is 0 Å². The fraction of sp³-hybridized carbons (Fsp3) is 0.400. The summed E-state index contributed by atoms with van der Waals surface area (Å²) in [6, 6.07) is 5.72. The molecule has 2 heterocycles. The summed E-state index contributed by atoms with van der Waals surface area (Å²) in [7, 11) is 0. The molecule has 0 aliphatic carbocycles. The van der Waals surface area contributed by atoms with Crippen LogP contribution in [0.5, 0.6) is 0 Å². The van der Waals surface area contributed by atoms with Gasteiger partial charge < -0.3 is 10.6 Å². The van der Waals surface area contributed by atoms with Crippen molar-refractivity contribution in [3.8, 4) is 0 Å².